The third kappa shape index (κ3) is 2.76. The molecule has 0 atom stereocenters. The van der Waals surface area contributed by atoms with Gasteiger partial charge in [-0.05, 0) is 18.2 Å². The third-order valence-corrected chi connectivity index (χ3v) is 3.31. The van der Waals surface area contributed by atoms with E-state index in [1.54, 1.807) is 23.6 Å². The number of benzene rings is 1. The van der Waals surface area contributed by atoms with Gasteiger partial charge < -0.3 is 0 Å². The van der Waals surface area contributed by atoms with Crippen molar-refractivity contribution in [2.75, 3.05) is 0 Å². The maximum absolute atomic E-state index is 11.2. The molecule has 0 saturated carbocycles. The molecule has 0 spiro atoms. The van der Waals surface area contributed by atoms with Crippen LogP contribution in [0.1, 0.15) is 10.5 Å². The molecule has 0 unspecified atom stereocenters. The van der Waals surface area contributed by atoms with Crippen LogP contribution in [0.4, 0.5) is 0 Å². The van der Waals surface area contributed by atoms with Crippen molar-refractivity contribution in [3.8, 4) is 10.6 Å². The first kappa shape index (κ1) is 12.3. The smallest absolute Gasteiger partial charge is 0.284 e. The van der Waals surface area contributed by atoms with E-state index in [-0.39, 0.29) is 5.69 Å². The van der Waals surface area contributed by atoms with E-state index >= 15 is 0 Å². The predicted octanol–water partition coefficient (Wildman–Crippen LogP) is 2.72. The van der Waals surface area contributed by atoms with Gasteiger partial charge in [0.15, 0.2) is 0 Å². The molecule has 1 aromatic carbocycles. The van der Waals surface area contributed by atoms with Crippen molar-refractivity contribution < 1.29 is 4.79 Å². The van der Waals surface area contributed by atoms with Crippen LogP contribution in [0.15, 0.2) is 23.6 Å². The second kappa shape index (κ2) is 5.01. The van der Waals surface area contributed by atoms with E-state index in [2.05, 4.69) is 4.98 Å². The zero-order valence-electron chi connectivity index (χ0n) is 8.41. The Hall–Kier alpha value is -1.14. The Morgan fingerprint density at radius 3 is 2.53 bits per heavy atom. The molecule has 2 aromatic rings. The van der Waals surface area contributed by atoms with Crippen LogP contribution >= 0.6 is 34.5 Å². The summed E-state index contributed by atoms with van der Waals surface area (Å²) >= 11 is 13.1. The number of hydrogen-bond donors (Lipinski definition) is 2. The lowest BCUT2D eigenvalue weighted by molar-refractivity contribution is 0.0949. The number of amides is 1. The maximum atomic E-state index is 11.2. The number of halogens is 2. The quantitative estimate of drug-likeness (QED) is 0.507. The first-order valence-electron chi connectivity index (χ1n) is 4.53. The number of aromatic nitrogens is 1. The van der Waals surface area contributed by atoms with Gasteiger partial charge in [0.1, 0.15) is 10.7 Å². The summed E-state index contributed by atoms with van der Waals surface area (Å²) in [4.78, 5) is 15.4. The van der Waals surface area contributed by atoms with Crippen molar-refractivity contribution >= 4 is 40.4 Å². The number of thiazole rings is 1. The van der Waals surface area contributed by atoms with Crippen LogP contribution in [0.5, 0.6) is 0 Å². The second-order valence-electron chi connectivity index (χ2n) is 3.17. The van der Waals surface area contributed by atoms with Gasteiger partial charge in [-0.1, -0.05) is 23.2 Å². The average Bonchev–Trinajstić information content (AvgIpc) is 2.76. The first-order valence-corrected chi connectivity index (χ1v) is 6.16. The molecule has 0 bridgehead atoms. The van der Waals surface area contributed by atoms with Crippen LogP contribution < -0.4 is 11.3 Å². The molecule has 0 radical (unpaired) electrons. The minimum absolute atomic E-state index is 0.267. The normalized spacial score (nSPS) is 10.3. The van der Waals surface area contributed by atoms with Crippen LogP contribution in [-0.4, -0.2) is 10.9 Å². The standard InChI is InChI=1S/C10H7Cl2N3OS/c11-6-1-5(2-7(12)3-6)10-14-8(4-17-10)9(16)15-13/h1-4H,13H2,(H,15,16). The number of nitrogen functional groups attached to an aromatic ring is 1. The zero-order chi connectivity index (χ0) is 12.4. The van der Waals surface area contributed by atoms with Crippen LogP contribution in [0, 0.1) is 0 Å². The lowest BCUT2D eigenvalue weighted by atomic mass is 10.2. The Kier molecular flexibility index (Phi) is 3.63. The fraction of sp³-hybridized carbons (Fsp3) is 0. The topological polar surface area (TPSA) is 68.0 Å². The first-order chi connectivity index (χ1) is 8.10. The van der Waals surface area contributed by atoms with Crippen molar-refractivity contribution in [1.82, 2.24) is 10.4 Å². The number of hydrogen-bond acceptors (Lipinski definition) is 4. The summed E-state index contributed by atoms with van der Waals surface area (Å²) in [5, 5.41) is 3.32. The van der Waals surface area contributed by atoms with Gasteiger partial charge in [-0.25, -0.2) is 10.8 Å². The van der Waals surface area contributed by atoms with Crippen molar-refractivity contribution in [3.63, 3.8) is 0 Å². The highest BCUT2D eigenvalue weighted by Gasteiger charge is 2.11. The summed E-state index contributed by atoms with van der Waals surface area (Å²) in [5.41, 5.74) is 3.06. The number of carbonyl (C=O) groups excluding carboxylic acids is 1. The fourth-order valence-electron chi connectivity index (χ4n) is 1.26. The SMILES string of the molecule is NNC(=O)c1csc(-c2cc(Cl)cc(Cl)c2)n1. The number of hydrazine groups is 1. The molecule has 1 amide bonds. The zero-order valence-corrected chi connectivity index (χ0v) is 10.7. The van der Waals surface area contributed by atoms with E-state index in [4.69, 9.17) is 29.0 Å². The molecule has 0 aliphatic heterocycles. The van der Waals surface area contributed by atoms with E-state index in [1.165, 1.54) is 11.3 Å². The van der Waals surface area contributed by atoms with Crippen LogP contribution in [-0.2, 0) is 0 Å². The minimum atomic E-state index is -0.430. The Labute approximate surface area is 111 Å². The highest BCUT2D eigenvalue weighted by Crippen LogP contribution is 2.29. The van der Waals surface area contributed by atoms with Crippen LogP contribution in [0.25, 0.3) is 10.6 Å². The molecular weight excluding hydrogens is 281 g/mol. The predicted molar refractivity (Wildman–Crippen MR) is 69.2 cm³/mol. The van der Waals surface area contributed by atoms with Gasteiger partial charge in [0.25, 0.3) is 5.91 Å². The van der Waals surface area contributed by atoms with Gasteiger partial charge in [-0.2, -0.15) is 0 Å². The van der Waals surface area contributed by atoms with Crippen molar-refractivity contribution in [2.24, 2.45) is 5.84 Å². The molecule has 0 fully saturated rings. The highest BCUT2D eigenvalue weighted by molar-refractivity contribution is 7.13. The van der Waals surface area contributed by atoms with Crippen molar-refractivity contribution in [1.29, 1.82) is 0 Å². The van der Waals surface area contributed by atoms with Crippen LogP contribution in [0.2, 0.25) is 10.0 Å². The second-order valence-corrected chi connectivity index (χ2v) is 4.90. The fourth-order valence-corrected chi connectivity index (χ4v) is 2.58. The lowest BCUT2D eigenvalue weighted by Gasteiger charge is -1.99. The Morgan fingerprint density at radius 2 is 1.94 bits per heavy atom. The molecule has 7 heteroatoms. The molecule has 0 aliphatic carbocycles. The van der Waals surface area contributed by atoms with E-state index in [9.17, 15) is 4.79 Å². The number of rotatable bonds is 2. The summed E-state index contributed by atoms with van der Waals surface area (Å²) in [5.74, 6) is 4.59. The van der Waals surface area contributed by atoms with Crippen molar-refractivity contribution in [2.45, 2.75) is 0 Å². The van der Waals surface area contributed by atoms with E-state index in [0.29, 0.717) is 15.1 Å². The summed E-state index contributed by atoms with van der Waals surface area (Å²) in [7, 11) is 0. The molecule has 1 heterocycles. The monoisotopic (exact) mass is 287 g/mol. The molecule has 17 heavy (non-hydrogen) atoms. The Morgan fingerprint density at radius 1 is 1.29 bits per heavy atom. The third-order valence-electron chi connectivity index (χ3n) is 1.98. The van der Waals surface area contributed by atoms with E-state index in [0.717, 1.165) is 5.56 Å². The molecule has 88 valence electrons. The van der Waals surface area contributed by atoms with Crippen molar-refractivity contribution in [3.05, 3.63) is 39.3 Å². The molecule has 0 saturated heterocycles. The maximum Gasteiger partial charge on any atom is 0.284 e. The van der Waals surface area contributed by atoms with E-state index < -0.39 is 5.91 Å². The summed E-state index contributed by atoms with van der Waals surface area (Å²) in [6.07, 6.45) is 0. The van der Waals surface area contributed by atoms with Gasteiger partial charge in [0, 0.05) is 21.0 Å². The lowest BCUT2D eigenvalue weighted by Crippen LogP contribution is -2.30. The average molecular weight is 288 g/mol. The number of nitrogens with zero attached hydrogens (tertiary/aromatic N) is 1. The minimum Gasteiger partial charge on any atom is -0.289 e. The summed E-state index contributed by atoms with van der Waals surface area (Å²) in [6.45, 7) is 0. The van der Waals surface area contributed by atoms with Gasteiger partial charge >= 0.3 is 0 Å². The molecule has 3 N–H and O–H groups in total. The van der Waals surface area contributed by atoms with E-state index in [1.807, 2.05) is 5.43 Å². The summed E-state index contributed by atoms with van der Waals surface area (Å²) in [6, 6.07) is 5.10. The number of nitrogens with two attached hydrogens (primary N) is 1. The highest BCUT2D eigenvalue weighted by atomic mass is 35.5. The van der Waals surface area contributed by atoms with Gasteiger partial charge in [0.2, 0.25) is 0 Å². The van der Waals surface area contributed by atoms with Crippen LogP contribution in [0.3, 0.4) is 0 Å². The van der Waals surface area contributed by atoms with Gasteiger partial charge in [-0.15, -0.1) is 11.3 Å². The molecule has 1 aromatic heterocycles. The summed E-state index contributed by atoms with van der Waals surface area (Å²) < 4.78 is 0. The molecular formula is C10H7Cl2N3OS. The Balaban J connectivity index is 2.40. The number of nitrogens with one attached hydrogen (secondary N) is 1. The largest absolute Gasteiger partial charge is 0.289 e. The molecule has 0 aliphatic rings. The Bertz CT molecular complexity index is 550. The molecule has 2 rings (SSSR count). The number of carbonyl (C=O) groups is 1. The van der Waals surface area contributed by atoms with Gasteiger partial charge in [0.05, 0.1) is 0 Å². The van der Waals surface area contributed by atoms with Gasteiger partial charge in [-0.3, -0.25) is 10.2 Å². The molecule has 4 nitrogen and oxygen atoms in total.